The fourth-order valence-electron chi connectivity index (χ4n) is 3.93. The highest BCUT2D eigenvalue weighted by molar-refractivity contribution is 8.26. The quantitative estimate of drug-likeness (QED) is 0.288. The number of carbonyl (C=O) groups is 1. The minimum absolute atomic E-state index is 0.232. The molecule has 1 N–H and O–H groups in total. The molecule has 0 radical (unpaired) electrons. The van der Waals surface area contributed by atoms with Crippen LogP contribution in [-0.2, 0) is 11.3 Å². The maximum Gasteiger partial charge on any atom is 0.267 e. The van der Waals surface area contributed by atoms with E-state index in [0.717, 1.165) is 11.1 Å². The Balaban J connectivity index is 1.56. The molecule has 0 unspecified atom stereocenters. The summed E-state index contributed by atoms with van der Waals surface area (Å²) >= 11 is 6.74. The van der Waals surface area contributed by atoms with Gasteiger partial charge in [0, 0.05) is 6.20 Å². The van der Waals surface area contributed by atoms with Crippen LogP contribution in [-0.4, -0.2) is 24.5 Å². The van der Waals surface area contributed by atoms with Crippen LogP contribution in [0.3, 0.4) is 0 Å². The molecule has 1 saturated heterocycles. The number of thiocarbonyl (C=S) groups is 1. The van der Waals surface area contributed by atoms with Crippen molar-refractivity contribution in [3.63, 3.8) is 0 Å². The van der Waals surface area contributed by atoms with E-state index in [2.05, 4.69) is 10.3 Å². The molecule has 1 amide bonds. The molecule has 0 bridgehead atoms. The third-order valence-corrected chi connectivity index (χ3v) is 7.11. The van der Waals surface area contributed by atoms with Gasteiger partial charge in [0.05, 0.1) is 29.3 Å². The zero-order valence-electron chi connectivity index (χ0n) is 19.1. The number of hydrogen-bond acceptors (Lipinski definition) is 7. The van der Waals surface area contributed by atoms with Crippen molar-refractivity contribution in [3.05, 3.63) is 105 Å². The summed E-state index contributed by atoms with van der Waals surface area (Å²) in [7, 11) is 0. The first kappa shape index (κ1) is 23.1. The Kier molecular flexibility index (Phi) is 6.27. The number of thioether (sulfide) groups is 1. The summed E-state index contributed by atoms with van der Waals surface area (Å²) in [6, 6.07) is 16.8. The molecule has 5 rings (SSSR count). The van der Waals surface area contributed by atoms with Crippen LogP contribution in [0.25, 0.3) is 11.7 Å². The second kappa shape index (κ2) is 9.52. The topological polar surface area (TPSA) is 79.8 Å². The SMILES string of the molecule is Cc1ccc2nc(NCc3ccco3)c(/C=C3\SC(=S)N([C@@H](C)c4ccccc4)C3=O)c(=O)n2c1. The van der Waals surface area contributed by atoms with E-state index in [1.54, 1.807) is 35.6 Å². The number of nitrogens with zero attached hydrogens (tertiary/aromatic N) is 3. The van der Waals surface area contributed by atoms with E-state index in [1.165, 1.54) is 16.2 Å². The smallest absolute Gasteiger partial charge is 0.267 e. The first-order valence-electron chi connectivity index (χ1n) is 11.0. The van der Waals surface area contributed by atoms with Crippen molar-refractivity contribution in [1.82, 2.24) is 14.3 Å². The lowest BCUT2D eigenvalue weighted by Crippen LogP contribution is -2.31. The molecule has 7 nitrogen and oxygen atoms in total. The zero-order chi connectivity index (χ0) is 24.5. The van der Waals surface area contributed by atoms with Crippen molar-refractivity contribution in [2.45, 2.75) is 26.4 Å². The number of rotatable bonds is 6. The molecule has 1 fully saturated rings. The van der Waals surface area contributed by atoms with Crippen molar-refractivity contribution >= 4 is 51.7 Å². The molecule has 1 aliphatic rings. The predicted molar refractivity (Wildman–Crippen MR) is 142 cm³/mol. The molecule has 35 heavy (non-hydrogen) atoms. The summed E-state index contributed by atoms with van der Waals surface area (Å²) in [5.41, 5.74) is 2.42. The fourth-order valence-corrected chi connectivity index (χ4v) is 5.33. The van der Waals surface area contributed by atoms with Crippen LogP contribution in [0.1, 0.15) is 35.4 Å². The highest BCUT2D eigenvalue weighted by atomic mass is 32.2. The van der Waals surface area contributed by atoms with E-state index in [4.69, 9.17) is 16.6 Å². The van der Waals surface area contributed by atoms with E-state index < -0.39 is 0 Å². The molecule has 176 valence electrons. The number of aryl methyl sites for hydroxylation is 1. The largest absolute Gasteiger partial charge is 0.467 e. The molecule has 3 aromatic heterocycles. The fraction of sp³-hybridized carbons (Fsp3) is 0.154. The van der Waals surface area contributed by atoms with Crippen LogP contribution in [0.5, 0.6) is 0 Å². The molecular weight excluding hydrogens is 480 g/mol. The molecule has 4 heterocycles. The van der Waals surface area contributed by atoms with Gasteiger partial charge in [-0.2, -0.15) is 0 Å². The van der Waals surface area contributed by atoms with Crippen molar-refractivity contribution in [2.75, 3.05) is 5.32 Å². The second-order valence-corrected chi connectivity index (χ2v) is 9.86. The highest BCUT2D eigenvalue weighted by Gasteiger charge is 2.36. The minimum Gasteiger partial charge on any atom is -0.467 e. The van der Waals surface area contributed by atoms with Gasteiger partial charge in [0.1, 0.15) is 21.5 Å². The summed E-state index contributed by atoms with van der Waals surface area (Å²) < 4.78 is 7.35. The second-order valence-electron chi connectivity index (χ2n) is 8.19. The van der Waals surface area contributed by atoms with Crippen LogP contribution < -0.4 is 10.9 Å². The Hall–Kier alpha value is -3.69. The van der Waals surface area contributed by atoms with Crippen molar-refractivity contribution in [3.8, 4) is 0 Å². The summed E-state index contributed by atoms with van der Waals surface area (Å²) in [5.74, 6) is 0.837. The van der Waals surface area contributed by atoms with E-state index in [9.17, 15) is 9.59 Å². The highest BCUT2D eigenvalue weighted by Crippen LogP contribution is 2.38. The number of amides is 1. The lowest BCUT2D eigenvalue weighted by atomic mass is 10.1. The minimum atomic E-state index is -0.276. The summed E-state index contributed by atoms with van der Waals surface area (Å²) in [4.78, 5) is 33.6. The van der Waals surface area contributed by atoms with Crippen LogP contribution in [0.4, 0.5) is 5.82 Å². The normalized spacial score (nSPS) is 15.8. The monoisotopic (exact) mass is 502 g/mol. The first-order chi connectivity index (χ1) is 16.9. The van der Waals surface area contributed by atoms with Gasteiger partial charge < -0.3 is 9.73 Å². The standard InChI is InChI=1S/C26H22N4O3S2/c1-16-10-11-22-28-23(27-14-19-9-6-12-33-19)20(24(31)29(22)15-16)13-21-25(32)30(26(34)35-21)17(2)18-7-4-3-5-8-18/h3-13,15,17,27H,14H2,1-2H3/b21-13-/t17-/m0/s1. The van der Waals surface area contributed by atoms with Gasteiger partial charge in [-0.1, -0.05) is 60.4 Å². The molecule has 4 aromatic rings. The Morgan fingerprint density at radius 3 is 2.69 bits per heavy atom. The summed E-state index contributed by atoms with van der Waals surface area (Å²) in [5, 5.41) is 3.19. The summed E-state index contributed by atoms with van der Waals surface area (Å²) in [6.45, 7) is 4.19. The van der Waals surface area contributed by atoms with Gasteiger partial charge >= 0.3 is 0 Å². The third-order valence-electron chi connectivity index (χ3n) is 5.78. The number of carbonyl (C=O) groups excluding carboxylic acids is 1. The molecule has 0 spiro atoms. The van der Waals surface area contributed by atoms with Gasteiger partial charge in [-0.3, -0.25) is 18.9 Å². The Labute approximate surface area is 211 Å². The number of furan rings is 1. The number of anilines is 1. The molecule has 0 aliphatic carbocycles. The molecule has 1 atom stereocenters. The van der Waals surface area contributed by atoms with Gasteiger partial charge in [-0.15, -0.1) is 0 Å². The molecule has 1 aliphatic heterocycles. The average Bonchev–Trinajstić information content (AvgIpc) is 3.48. The van der Waals surface area contributed by atoms with Crippen LogP contribution in [0.2, 0.25) is 0 Å². The number of benzene rings is 1. The first-order valence-corrected chi connectivity index (χ1v) is 12.3. The molecular formula is C26H22N4O3S2. The lowest BCUT2D eigenvalue weighted by molar-refractivity contribution is -0.123. The Morgan fingerprint density at radius 2 is 1.94 bits per heavy atom. The Bertz CT molecular complexity index is 1510. The van der Waals surface area contributed by atoms with E-state index in [1.807, 2.05) is 56.3 Å². The van der Waals surface area contributed by atoms with Gasteiger partial charge in [-0.25, -0.2) is 4.98 Å². The van der Waals surface area contributed by atoms with Crippen LogP contribution in [0, 0.1) is 6.92 Å². The third kappa shape index (κ3) is 4.52. The van der Waals surface area contributed by atoms with E-state index >= 15 is 0 Å². The van der Waals surface area contributed by atoms with E-state index in [-0.39, 0.29) is 23.1 Å². The molecule has 0 saturated carbocycles. The van der Waals surface area contributed by atoms with Crippen LogP contribution >= 0.6 is 24.0 Å². The predicted octanol–water partition coefficient (Wildman–Crippen LogP) is 5.17. The number of pyridine rings is 1. The van der Waals surface area contributed by atoms with Gasteiger partial charge in [0.2, 0.25) is 0 Å². The number of hydrogen-bond donors (Lipinski definition) is 1. The Morgan fingerprint density at radius 1 is 1.14 bits per heavy atom. The van der Waals surface area contributed by atoms with Crippen molar-refractivity contribution in [1.29, 1.82) is 0 Å². The number of aromatic nitrogens is 2. The number of nitrogens with one attached hydrogen (secondary N) is 1. The van der Waals surface area contributed by atoms with Crippen LogP contribution in [0.15, 0.2) is 81.2 Å². The summed E-state index contributed by atoms with van der Waals surface area (Å²) in [6.07, 6.45) is 4.91. The van der Waals surface area contributed by atoms with Crippen molar-refractivity contribution in [2.24, 2.45) is 0 Å². The van der Waals surface area contributed by atoms with Crippen molar-refractivity contribution < 1.29 is 9.21 Å². The average molecular weight is 503 g/mol. The zero-order valence-corrected chi connectivity index (χ0v) is 20.7. The van der Waals surface area contributed by atoms with Gasteiger partial charge in [-0.05, 0) is 49.2 Å². The maximum absolute atomic E-state index is 13.5. The maximum atomic E-state index is 13.5. The van der Waals surface area contributed by atoms with Gasteiger partial charge in [0.25, 0.3) is 11.5 Å². The van der Waals surface area contributed by atoms with Gasteiger partial charge in [0.15, 0.2) is 0 Å². The number of fused-ring (bicyclic) bond motifs is 1. The molecule has 1 aromatic carbocycles. The lowest BCUT2D eigenvalue weighted by Gasteiger charge is -2.23. The molecule has 9 heteroatoms. The van der Waals surface area contributed by atoms with E-state index in [0.29, 0.717) is 33.0 Å².